The van der Waals surface area contributed by atoms with Crippen LogP contribution in [0.1, 0.15) is 0 Å². The van der Waals surface area contributed by atoms with Gasteiger partial charge in [0.2, 0.25) is 0 Å². The van der Waals surface area contributed by atoms with Gasteiger partial charge in [0.05, 0.1) is 0 Å². The fourth-order valence-electron chi connectivity index (χ4n) is 2.13. The number of hydrogen-bond donors (Lipinski definition) is 0. The molecule has 0 amide bonds. The molecule has 25 heteroatoms. The van der Waals surface area contributed by atoms with Crippen LogP contribution < -0.4 is 0 Å². The van der Waals surface area contributed by atoms with E-state index in [0.29, 0.717) is 0 Å². The van der Waals surface area contributed by atoms with Crippen molar-refractivity contribution in [2.45, 2.75) is 60.3 Å². The van der Waals surface area contributed by atoms with E-state index in [1.165, 1.54) is 0 Å². The predicted molar refractivity (Wildman–Crippen MR) is 70.5 cm³/mol. The largest absolute Gasteiger partial charge is 0.436 e. The minimum Gasteiger partial charge on any atom is -0.280 e. The van der Waals surface area contributed by atoms with Crippen molar-refractivity contribution in [3.05, 3.63) is 0 Å². The van der Waals surface area contributed by atoms with E-state index in [9.17, 15) is 96.6 Å². The van der Waals surface area contributed by atoms with Crippen molar-refractivity contribution in [2.24, 2.45) is 0 Å². The van der Waals surface area contributed by atoms with Crippen LogP contribution in [0.15, 0.2) is 0 Å². The van der Waals surface area contributed by atoms with Crippen LogP contribution in [0.3, 0.4) is 0 Å². The first-order valence-corrected chi connectivity index (χ1v) is 7.88. The minimum absolute atomic E-state index is 0.735. The Morgan fingerprint density at radius 1 is 0.308 bits per heavy atom. The van der Waals surface area contributed by atoms with Gasteiger partial charge in [-0.05, 0) is 0 Å². The molecular weight excluding hydrogens is 634 g/mol. The Morgan fingerprint density at radius 2 is 0.487 bits per heavy atom. The Hall–Kier alpha value is -2.54. The number of rotatable bonds is 6. The summed E-state index contributed by atoms with van der Waals surface area (Å²) in [4.78, 5) is 0. The fraction of sp³-hybridized carbons (Fsp3) is 0.714. The van der Waals surface area contributed by atoms with E-state index in [4.69, 9.17) is 0 Å². The van der Waals surface area contributed by atoms with Gasteiger partial charge in [-0.15, -0.1) is 8.78 Å². The molecule has 0 radical (unpaired) electrons. The Balaban J connectivity index is 7.55. The van der Waals surface area contributed by atoms with Crippen LogP contribution in [-0.4, -0.2) is 60.3 Å². The standard InChI is InChI=1S/C14F22O3/c15-3-1-5(17,38-7(9(19,20)21,10(22,23)24)11(25,26)27)37-6(18,2-4-16)39-8(12(28,29)30,13(31,32)33)14(34,35)36. The predicted octanol–water partition coefficient (Wildman–Crippen LogP) is 7.00. The highest BCUT2D eigenvalue weighted by molar-refractivity contribution is 5.12. The lowest BCUT2D eigenvalue weighted by Crippen LogP contribution is -2.72. The van der Waals surface area contributed by atoms with E-state index in [2.05, 4.69) is 4.74 Å². The lowest BCUT2D eigenvalue weighted by molar-refractivity contribution is -0.546. The van der Waals surface area contributed by atoms with Crippen molar-refractivity contribution >= 4 is 0 Å². The highest BCUT2D eigenvalue weighted by atomic mass is 19.4. The zero-order valence-electron chi connectivity index (χ0n) is 16.5. The average Bonchev–Trinajstić information content (AvgIpc) is 2.58. The van der Waals surface area contributed by atoms with Gasteiger partial charge >= 0.3 is 60.3 Å². The van der Waals surface area contributed by atoms with E-state index in [0.717, 1.165) is 0 Å². The van der Waals surface area contributed by atoms with E-state index in [1.54, 1.807) is 0 Å². The minimum atomic E-state index is -8.11. The first-order chi connectivity index (χ1) is 16.7. The molecule has 0 aliphatic heterocycles. The maximum Gasteiger partial charge on any atom is 0.436 e. The van der Waals surface area contributed by atoms with Crippen molar-refractivity contribution in [1.82, 2.24) is 0 Å². The van der Waals surface area contributed by atoms with Crippen LogP contribution in [0.25, 0.3) is 0 Å². The molecule has 0 rings (SSSR count). The van der Waals surface area contributed by atoms with Gasteiger partial charge in [-0.25, -0.2) is 4.74 Å². The molecule has 0 aromatic carbocycles. The molecule has 3 nitrogen and oxygen atoms in total. The van der Waals surface area contributed by atoms with E-state index in [-0.39, 0.29) is 0 Å². The molecule has 0 saturated carbocycles. The summed E-state index contributed by atoms with van der Waals surface area (Å²) in [6, 6.07) is -14.0. The Labute approximate surface area is 196 Å². The zero-order valence-corrected chi connectivity index (χ0v) is 16.5. The normalized spacial score (nSPS) is 17.8. The van der Waals surface area contributed by atoms with Crippen LogP contribution in [0.4, 0.5) is 96.6 Å². The summed E-state index contributed by atoms with van der Waals surface area (Å²) in [6.45, 7) is 0. The summed E-state index contributed by atoms with van der Waals surface area (Å²) in [5.41, 5.74) is -16.2. The second-order valence-electron chi connectivity index (χ2n) is 6.17. The summed E-state index contributed by atoms with van der Waals surface area (Å²) in [6.07, 6.45) is -50.2. The number of halogens is 22. The van der Waals surface area contributed by atoms with E-state index >= 15 is 0 Å². The number of alkyl halides is 20. The third-order valence-electron chi connectivity index (χ3n) is 3.62. The van der Waals surface area contributed by atoms with Gasteiger partial charge in [0.15, 0.2) is 0 Å². The number of hydrogen-bond acceptors (Lipinski definition) is 3. The average molecular weight is 634 g/mol. The van der Waals surface area contributed by atoms with Gasteiger partial charge in [-0.3, -0.25) is 9.47 Å². The maximum absolute atomic E-state index is 14.4. The molecule has 2 unspecified atom stereocenters. The van der Waals surface area contributed by atoms with E-state index in [1.807, 2.05) is 9.47 Å². The molecule has 0 aliphatic carbocycles. The molecule has 0 aliphatic rings. The summed E-state index contributed by atoms with van der Waals surface area (Å²) in [7, 11) is 0. The van der Waals surface area contributed by atoms with Gasteiger partial charge in [0, 0.05) is 11.8 Å². The first kappa shape index (κ1) is 36.5. The summed E-state index contributed by atoms with van der Waals surface area (Å²) >= 11 is 0. The van der Waals surface area contributed by atoms with Crippen molar-refractivity contribution < 1.29 is 111 Å². The van der Waals surface area contributed by atoms with Crippen molar-refractivity contribution in [2.75, 3.05) is 0 Å². The molecule has 0 saturated heterocycles. The molecule has 0 fully saturated rings. The van der Waals surface area contributed by atoms with Gasteiger partial charge in [-0.1, -0.05) is 0 Å². The topological polar surface area (TPSA) is 27.7 Å². The number of ether oxygens (including phenoxy) is 3. The van der Waals surface area contributed by atoms with Crippen molar-refractivity contribution in [1.29, 1.82) is 0 Å². The maximum atomic E-state index is 14.4. The monoisotopic (exact) mass is 634 g/mol. The molecular formula is C14F22O3. The lowest BCUT2D eigenvalue weighted by Gasteiger charge is -2.43. The van der Waals surface area contributed by atoms with Crippen LogP contribution in [0, 0.1) is 24.2 Å². The van der Waals surface area contributed by atoms with Gasteiger partial charge < -0.3 is 0 Å². The summed E-state index contributed by atoms with van der Waals surface area (Å²) < 4.78 is 291. The third-order valence-corrected chi connectivity index (χ3v) is 3.62. The molecule has 0 N–H and O–H groups in total. The summed E-state index contributed by atoms with van der Waals surface area (Å²) in [5, 5.41) is 0. The smallest absolute Gasteiger partial charge is 0.280 e. The Morgan fingerprint density at radius 3 is 0.615 bits per heavy atom. The van der Waals surface area contributed by atoms with Crippen molar-refractivity contribution in [3.63, 3.8) is 0 Å². The lowest BCUT2D eigenvalue weighted by atomic mass is 10.0. The molecule has 0 heterocycles. The SMILES string of the molecule is FC#CC(F)(OC(F)(C#CF)OC(C(F)(F)F)(C(F)(F)F)C(F)(F)F)OC(C(F)(F)F)(C(F)(F)F)C(F)(F)F. The quantitative estimate of drug-likeness (QED) is 0.179. The van der Waals surface area contributed by atoms with Crippen LogP contribution in [0.5, 0.6) is 0 Å². The fourth-order valence-corrected chi connectivity index (χ4v) is 2.13. The second kappa shape index (κ2) is 10.1. The highest BCUT2D eigenvalue weighted by Crippen LogP contribution is 2.59. The Bertz CT molecular complexity index is 835. The van der Waals surface area contributed by atoms with Crippen molar-refractivity contribution in [3.8, 4) is 24.2 Å². The second-order valence-corrected chi connectivity index (χ2v) is 6.17. The molecule has 0 spiro atoms. The Kier molecular flexibility index (Phi) is 9.47. The molecule has 0 bridgehead atoms. The molecule has 228 valence electrons. The first-order valence-electron chi connectivity index (χ1n) is 7.88. The van der Waals surface area contributed by atoms with Crippen LogP contribution in [0.2, 0.25) is 0 Å². The van der Waals surface area contributed by atoms with Gasteiger partial charge in [0.25, 0.3) is 0 Å². The molecule has 39 heavy (non-hydrogen) atoms. The molecule has 0 aromatic heterocycles. The van der Waals surface area contributed by atoms with Gasteiger partial charge in [0.1, 0.15) is 12.3 Å². The summed E-state index contributed by atoms with van der Waals surface area (Å²) in [5.74, 6) is -1.47. The van der Waals surface area contributed by atoms with Gasteiger partial charge in [-0.2, -0.15) is 87.8 Å². The zero-order chi connectivity index (χ0) is 31.9. The van der Waals surface area contributed by atoms with Crippen LogP contribution >= 0.6 is 0 Å². The van der Waals surface area contributed by atoms with Crippen LogP contribution in [-0.2, 0) is 14.2 Å². The molecule has 2 atom stereocenters. The third kappa shape index (κ3) is 6.62. The molecule has 0 aromatic rings. The van der Waals surface area contributed by atoms with E-state index < -0.39 is 84.5 Å². The highest BCUT2D eigenvalue weighted by Gasteiger charge is 2.89.